The largest absolute Gasteiger partial charge is 0.306 e. The fourth-order valence-electron chi connectivity index (χ4n) is 2.38. The quantitative estimate of drug-likeness (QED) is 0.880. The lowest BCUT2D eigenvalue weighted by Crippen LogP contribution is -2.21. The molecule has 0 fully saturated rings. The van der Waals surface area contributed by atoms with Gasteiger partial charge in [-0.1, -0.05) is 34.1 Å². The minimum atomic E-state index is 0.0189. The molecule has 0 bridgehead atoms. The van der Waals surface area contributed by atoms with Crippen molar-refractivity contribution in [1.82, 2.24) is 9.97 Å². The van der Waals surface area contributed by atoms with Gasteiger partial charge in [0.2, 0.25) is 0 Å². The summed E-state index contributed by atoms with van der Waals surface area (Å²) in [5, 5.41) is 0. The van der Waals surface area contributed by atoms with Crippen molar-refractivity contribution in [2.75, 3.05) is 0 Å². The first-order valence-electron chi connectivity index (χ1n) is 6.12. The number of nitrogens with zero attached hydrogens (tertiary/aromatic N) is 1. The number of halogens is 1. The number of nitrogens with one attached hydrogen (secondary N) is 1. The van der Waals surface area contributed by atoms with Gasteiger partial charge in [-0.3, -0.25) is 4.79 Å². The van der Waals surface area contributed by atoms with Gasteiger partial charge < -0.3 is 4.98 Å². The molecule has 0 atom stereocenters. The number of hydrogen-bond donors (Lipinski definition) is 1. The first-order chi connectivity index (χ1) is 8.75. The lowest BCUT2D eigenvalue weighted by atomic mass is 9.97. The number of aromatic nitrogens is 2. The summed E-state index contributed by atoms with van der Waals surface area (Å²) >= 11 is 3.49. The third-order valence-electron chi connectivity index (χ3n) is 3.32. The van der Waals surface area contributed by atoms with E-state index in [9.17, 15) is 4.79 Å². The van der Waals surface area contributed by atoms with Gasteiger partial charge in [0.1, 0.15) is 5.82 Å². The van der Waals surface area contributed by atoms with E-state index in [1.807, 2.05) is 24.3 Å². The summed E-state index contributed by atoms with van der Waals surface area (Å²) in [4.78, 5) is 19.6. The number of H-pyrrole nitrogens is 1. The van der Waals surface area contributed by atoms with Crippen LogP contribution in [-0.2, 0) is 12.8 Å². The Morgan fingerprint density at radius 3 is 2.78 bits per heavy atom. The summed E-state index contributed by atoms with van der Waals surface area (Å²) in [5.41, 5.74) is 2.79. The predicted molar refractivity (Wildman–Crippen MR) is 74.6 cm³/mol. The number of aryl methyl sites for hydroxylation is 1. The molecule has 0 radical (unpaired) electrons. The second kappa shape index (κ2) is 4.69. The van der Waals surface area contributed by atoms with Crippen molar-refractivity contribution in [3.63, 3.8) is 0 Å². The zero-order valence-corrected chi connectivity index (χ0v) is 11.5. The normalized spacial score (nSPS) is 14.3. The Balaban J connectivity index is 2.17. The van der Waals surface area contributed by atoms with E-state index in [0.29, 0.717) is 5.82 Å². The lowest BCUT2D eigenvalue weighted by molar-refractivity contribution is 0.657. The first kappa shape index (κ1) is 11.7. The highest BCUT2D eigenvalue weighted by atomic mass is 79.9. The number of fused-ring (bicyclic) bond motifs is 1. The summed E-state index contributed by atoms with van der Waals surface area (Å²) in [6.07, 6.45) is 3.98. The first-order valence-corrected chi connectivity index (χ1v) is 6.92. The molecular weight excluding hydrogens is 292 g/mol. The number of benzene rings is 1. The van der Waals surface area contributed by atoms with Crippen LogP contribution in [0.1, 0.15) is 24.1 Å². The van der Waals surface area contributed by atoms with Crippen LogP contribution in [0.15, 0.2) is 33.5 Å². The minimum absolute atomic E-state index is 0.0189. The SMILES string of the molecule is O=c1[nH]c(-c2ccccc2Br)nc2c1CCCC2. The van der Waals surface area contributed by atoms with Crippen LogP contribution in [0.25, 0.3) is 11.4 Å². The highest BCUT2D eigenvalue weighted by Gasteiger charge is 2.16. The Morgan fingerprint density at radius 2 is 1.94 bits per heavy atom. The Bertz CT molecular complexity index is 648. The number of rotatable bonds is 1. The molecule has 1 aliphatic carbocycles. The van der Waals surface area contributed by atoms with Crippen LogP contribution in [0.2, 0.25) is 0 Å². The number of hydrogen-bond acceptors (Lipinski definition) is 2. The summed E-state index contributed by atoms with van der Waals surface area (Å²) in [6, 6.07) is 7.80. The van der Waals surface area contributed by atoms with Gasteiger partial charge in [-0.05, 0) is 31.7 Å². The van der Waals surface area contributed by atoms with Crippen LogP contribution in [0.3, 0.4) is 0 Å². The average Bonchev–Trinajstić information content (AvgIpc) is 2.39. The van der Waals surface area contributed by atoms with Crippen molar-refractivity contribution in [2.24, 2.45) is 0 Å². The summed E-state index contributed by atoms with van der Waals surface area (Å²) in [7, 11) is 0. The molecule has 1 N–H and O–H groups in total. The maximum Gasteiger partial charge on any atom is 0.254 e. The molecule has 0 aliphatic heterocycles. The molecule has 1 aliphatic rings. The molecular formula is C14H13BrN2O. The molecule has 3 nitrogen and oxygen atoms in total. The Labute approximate surface area is 113 Å². The van der Waals surface area contributed by atoms with Crippen molar-refractivity contribution in [1.29, 1.82) is 0 Å². The van der Waals surface area contributed by atoms with E-state index in [1.165, 1.54) is 0 Å². The van der Waals surface area contributed by atoms with Gasteiger partial charge >= 0.3 is 0 Å². The maximum absolute atomic E-state index is 12.1. The van der Waals surface area contributed by atoms with E-state index >= 15 is 0 Å². The molecule has 0 unspecified atom stereocenters. The Hall–Kier alpha value is -1.42. The summed E-state index contributed by atoms with van der Waals surface area (Å²) in [6.45, 7) is 0. The predicted octanol–water partition coefficient (Wildman–Crippen LogP) is 3.08. The van der Waals surface area contributed by atoms with Gasteiger partial charge in [-0.15, -0.1) is 0 Å². The van der Waals surface area contributed by atoms with Gasteiger partial charge in [0, 0.05) is 15.6 Å². The molecule has 2 aromatic rings. The van der Waals surface area contributed by atoms with Gasteiger partial charge in [0.05, 0.1) is 5.69 Å². The Kier molecular flexibility index (Phi) is 3.04. The smallest absolute Gasteiger partial charge is 0.254 e. The van der Waals surface area contributed by atoms with Gasteiger partial charge in [0.25, 0.3) is 5.56 Å². The Morgan fingerprint density at radius 1 is 1.17 bits per heavy atom. The molecule has 92 valence electrons. The molecule has 0 amide bonds. The average molecular weight is 305 g/mol. The van der Waals surface area contributed by atoms with E-state index in [2.05, 4.69) is 25.9 Å². The topological polar surface area (TPSA) is 45.8 Å². The fraction of sp³-hybridized carbons (Fsp3) is 0.286. The fourth-order valence-corrected chi connectivity index (χ4v) is 2.86. The van der Waals surface area contributed by atoms with Gasteiger partial charge in [-0.25, -0.2) is 4.98 Å². The van der Waals surface area contributed by atoms with Gasteiger partial charge in [0.15, 0.2) is 0 Å². The van der Waals surface area contributed by atoms with Crippen molar-refractivity contribution < 1.29 is 0 Å². The second-order valence-electron chi connectivity index (χ2n) is 4.53. The molecule has 3 rings (SSSR count). The molecule has 1 aromatic heterocycles. The van der Waals surface area contributed by atoms with Crippen molar-refractivity contribution >= 4 is 15.9 Å². The van der Waals surface area contributed by atoms with Crippen LogP contribution in [-0.4, -0.2) is 9.97 Å². The van der Waals surface area contributed by atoms with Crippen LogP contribution in [0.5, 0.6) is 0 Å². The van der Waals surface area contributed by atoms with E-state index in [1.54, 1.807) is 0 Å². The van der Waals surface area contributed by atoms with Gasteiger partial charge in [-0.2, -0.15) is 0 Å². The van der Waals surface area contributed by atoms with E-state index in [-0.39, 0.29) is 5.56 Å². The molecule has 0 saturated carbocycles. The zero-order valence-electron chi connectivity index (χ0n) is 9.87. The standard InChI is InChI=1S/C14H13BrN2O/c15-11-7-3-1-5-9(11)13-16-12-8-4-2-6-10(12)14(18)17-13/h1,3,5,7H,2,4,6,8H2,(H,16,17,18). The molecule has 0 spiro atoms. The molecule has 0 saturated heterocycles. The second-order valence-corrected chi connectivity index (χ2v) is 5.38. The highest BCUT2D eigenvalue weighted by molar-refractivity contribution is 9.10. The van der Waals surface area contributed by atoms with E-state index in [4.69, 9.17) is 0 Å². The van der Waals surface area contributed by atoms with Crippen molar-refractivity contribution in [3.8, 4) is 11.4 Å². The summed E-state index contributed by atoms with van der Waals surface area (Å²) in [5.74, 6) is 0.660. The van der Waals surface area contributed by atoms with Crippen molar-refractivity contribution in [3.05, 3.63) is 50.3 Å². The highest BCUT2D eigenvalue weighted by Crippen LogP contribution is 2.26. The maximum atomic E-state index is 12.1. The number of aromatic amines is 1. The van der Waals surface area contributed by atoms with Crippen LogP contribution in [0.4, 0.5) is 0 Å². The van der Waals surface area contributed by atoms with E-state index < -0.39 is 0 Å². The van der Waals surface area contributed by atoms with Crippen molar-refractivity contribution in [2.45, 2.75) is 25.7 Å². The molecule has 1 aromatic carbocycles. The molecule has 4 heteroatoms. The molecule has 1 heterocycles. The molecule has 18 heavy (non-hydrogen) atoms. The van der Waals surface area contributed by atoms with Crippen LogP contribution >= 0.6 is 15.9 Å². The van der Waals surface area contributed by atoms with Crippen LogP contribution in [0, 0.1) is 0 Å². The zero-order chi connectivity index (χ0) is 12.5. The minimum Gasteiger partial charge on any atom is -0.306 e. The third-order valence-corrected chi connectivity index (χ3v) is 4.01. The monoisotopic (exact) mass is 304 g/mol. The third kappa shape index (κ3) is 2.01. The lowest BCUT2D eigenvalue weighted by Gasteiger charge is -2.14. The van der Waals surface area contributed by atoms with Crippen LogP contribution < -0.4 is 5.56 Å². The van der Waals surface area contributed by atoms with E-state index in [0.717, 1.165) is 47.0 Å². The summed E-state index contributed by atoms with van der Waals surface area (Å²) < 4.78 is 0.948.